The molecule has 3 N–H and O–H groups in total. The molecule has 0 saturated carbocycles. The average Bonchev–Trinajstić information content (AvgIpc) is 2.63. The molecule has 0 spiro atoms. The molecule has 0 fully saturated rings. The number of amides is 3. The molecule has 0 unspecified atom stereocenters. The number of rotatable bonds is 7. The molecular weight excluding hydrogens is 389 g/mol. The van der Waals surface area contributed by atoms with Crippen molar-refractivity contribution < 1.29 is 14.4 Å². The summed E-state index contributed by atoms with van der Waals surface area (Å²) in [7, 11) is 0. The second-order valence-electron chi connectivity index (χ2n) is 5.82. The molecule has 142 valence electrons. The first kappa shape index (κ1) is 20.7. The van der Waals surface area contributed by atoms with Crippen molar-refractivity contribution >= 4 is 46.6 Å². The van der Waals surface area contributed by atoms with E-state index in [0.29, 0.717) is 15.7 Å². The van der Waals surface area contributed by atoms with Crippen molar-refractivity contribution in [3.63, 3.8) is 0 Å². The number of anilines is 1. The molecule has 0 heterocycles. The van der Waals surface area contributed by atoms with Crippen LogP contribution in [-0.2, 0) is 14.4 Å². The lowest BCUT2D eigenvalue weighted by atomic mass is 10.0. The van der Waals surface area contributed by atoms with Gasteiger partial charge in [-0.25, -0.2) is 0 Å². The third-order valence-electron chi connectivity index (χ3n) is 3.62. The molecule has 2 rings (SSSR count). The number of hydrogen-bond donors (Lipinski definition) is 3. The fourth-order valence-corrected chi connectivity index (χ4v) is 2.74. The lowest BCUT2D eigenvalue weighted by Gasteiger charge is -2.18. The SMILES string of the molecule is CC(=O)N[C@@H](CC(=O)NCC(=O)Nc1cc(Cl)ccc1Cl)c1ccccc1. The average molecular weight is 408 g/mol. The molecule has 8 heteroatoms. The summed E-state index contributed by atoms with van der Waals surface area (Å²) in [5.41, 5.74) is 1.17. The van der Waals surface area contributed by atoms with Crippen LogP contribution in [0.4, 0.5) is 5.69 Å². The van der Waals surface area contributed by atoms with E-state index in [1.165, 1.54) is 13.0 Å². The third-order valence-corrected chi connectivity index (χ3v) is 4.18. The predicted molar refractivity (Wildman–Crippen MR) is 106 cm³/mol. The molecule has 2 aromatic rings. The zero-order chi connectivity index (χ0) is 19.8. The predicted octanol–water partition coefficient (Wildman–Crippen LogP) is 3.32. The van der Waals surface area contributed by atoms with Crippen LogP contribution in [0.2, 0.25) is 10.0 Å². The first-order valence-electron chi connectivity index (χ1n) is 8.19. The maximum absolute atomic E-state index is 12.2. The second kappa shape index (κ2) is 9.94. The van der Waals surface area contributed by atoms with Gasteiger partial charge in [0.25, 0.3) is 0 Å². The number of carbonyl (C=O) groups excluding carboxylic acids is 3. The molecule has 2 aromatic carbocycles. The Morgan fingerprint density at radius 2 is 1.70 bits per heavy atom. The van der Waals surface area contributed by atoms with Crippen LogP contribution < -0.4 is 16.0 Å². The Labute approximate surface area is 167 Å². The van der Waals surface area contributed by atoms with Crippen LogP contribution in [0.1, 0.15) is 24.9 Å². The van der Waals surface area contributed by atoms with Gasteiger partial charge in [0.2, 0.25) is 17.7 Å². The van der Waals surface area contributed by atoms with E-state index in [9.17, 15) is 14.4 Å². The van der Waals surface area contributed by atoms with Crippen molar-refractivity contribution in [1.82, 2.24) is 10.6 Å². The molecular formula is C19H19Cl2N3O3. The van der Waals surface area contributed by atoms with Gasteiger partial charge in [-0.2, -0.15) is 0 Å². The van der Waals surface area contributed by atoms with Crippen LogP contribution in [0.5, 0.6) is 0 Å². The van der Waals surface area contributed by atoms with Crippen molar-refractivity contribution in [2.75, 3.05) is 11.9 Å². The smallest absolute Gasteiger partial charge is 0.243 e. The van der Waals surface area contributed by atoms with Crippen LogP contribution in [0.15, 0.2) is 48.5 Å². The number of hydrogen-bond acceptors (Lipinski definition) is 3. The van der Waals surface area contributed by atoms with Crippen LogP contribution in [0.25, 0.3) is 0 Å². The zero-order valence-corrected chi connectivity index (χ0v) is 16.1. The Kier molecular flexibility index (Phi) is 7.64. The highest BCUT2D eigenvalue weighted by Crippen LogP contribution is 2.25. The van der Waals surface area contributed by atoms with E-state index in [-0.39, 0.29) is 24.8 Å². The monoisotopic (exact) mass is 407 g/mol. The summed E-state index contributed by atoms with van der Waals surface area (Å²) in [6.07, 6.45) is 0.00872. The molecule has 0 bridgehead atoms. The summed E-state index contributed by atoms with van der Waals surface area (Å²) in [6.45, 7) is 1.15. The highest BCUT2D eigenvalue weighted by Gasteiger charge is 2.17. The molecule has 0 aliphatic carbocycles. The van der Waals surface area contributed by atoms with Crippen LogP contribution in [0.3, 0.4) is 0 Å². The first-order chi connectivity index (χ1) is 12.8. The largest absolute Gasteiger partial charge is 0.349 e. The first-order valence-corrected chi connectivity index (χ1v) is 8.94. The van der Waals surface area contributed by atoms with Crippen molar-refractivity contribution in [1.29, 1.82) is 0 Å². The summed E-state index contributed by atoms with van der Waals surface area (Å²) >= 11 is 11.9. The fourth-order valence-electron chi connectivity index (χ4n) is 2.41. The standard InChI is InChI=1S/C19H19Cl2N3O3/c1-12(25)23-16(13-5-3-2-4-6-13)10-18(26)22-11-19(27)24-17-9-14(20)7-8-15(17)21/h2-9,16H,10-11H2,1H3,(H,22,26)(H,23,25)(H,24,27)/t16-/m0/s1. The Balaban J connectivity index is 1.90. The minimum absolute atomic E-state index is 0.00872. The van der Waals surface area contributed by atoms with Gasteiger partial charge in [-0.15, -0.1) is 0 Å². The van der Waals surface area contributed by atoms with Gasteiger partial charge in [0, 0.05) is 11.9 Å². The third kappa shape index (κ3) is 6.92. The van der Waals surface area contributed by atoms with E-state index in [4.69, 9.17) is 23.2 Å². The Bertz CT molecular complexity index is 828. The van der Waals surface area contributed by atoms with Gasteiger partial charge in [-0.1, -0.05) is 53.5 Å². The zero-order valence-electron chi connectivity index (χ0n) is 14.6. The second-order valence-corrected chi connectivity index (χ2v) is 6.66. The summed E-state index contributed by atoms with van der Waals surface area (Å²) < 4.78 is 0. The quantitative estimate of drug-likeness (QED) is 0.657. The molecule has 0 aromatic heterocycles. The summed E-state index contributed by atoms with van der Waals surface area (Å²) in [6, 6.07) is 13.3. The minimum Gasteiger partial charge on any atom is -0.349 e. The Hall–Kier alpha value is -2.57. The lowest BCUT2D eigenvalue weighted by molar-refractivity contribution is -0.125. The van der Waals surface area contributed by atoms with Gasteiger partial charge in [-0.3, -0.25) is 14.4 Å². The normalized spacial score (nSPS) is 11.4. The van der Waals surface area contributed by atoms with Gasteiger partial charge in [0.1, 0.15) is 0 Å². The number of carbonyl (C=O) groups is 3. The lowest BCUT2D eigenvalue weighted by Crippen LogP contribution is -2.36. The number of halogens is 2. The maximum atomic E-state index is 12.2. The van der Waals surface area contributed by atoms with Crippen LogP contribution >= 0.6 is 23.2 Å². The van der Waals surface area contributed by atoms with E-state index in [0.717, 1.165) is 5.56 Å². The van der Waals surface area contributed by atoms with Crippen molar-refractivity contribution in [2.24, 2.45) is 0 Å². The molecule has 3 amide bonds. The Morgan fingerprint density at radius 1 is 1.00 bits per heavy atom. The summed E-state index contributed by atoms with van der Waals surface area (Å²) in [5, 5.41) is 8.62. The van der Waals surface area contributed by atoms with Gasteiger partial charge >= 0.3 is 0 Å². The van der Waals surface area contributed by atoms with E-state index in [2.05, 4.69) is 16.0 Å². The Morgan fingerprint density at radius 3 is 2.37 bits per heavy atom. The molecule has 27 heavy (non-hydrogen) atoms. The fraction of sp³-hybridized carbons (Fsp3) is 0.211. The van der Waals surface area contributed by atoms with Gasteiger partial charge < -0.3 is 16.0 Å². The molecule has 0 aliphatic heterocycles. The van der Waals surface area contributed by atoms with Crippen LogP contribution in [0, 0.1) is 0 Å². The molecule has 6 nitrogen and oxygen atoms in total. The highest BCUT2D eigenvalue weighted by molar-refractivity contribution is 6.35. The van der Waals surface area contributed by atoms with Crippen molar-refractivity contribution in [3.05, 3.63) is 64.1 Å². The molecule has 0 radical (unpaired) electrons. The maximum Gasteiger partial charge on any atom is 0.243 e. The topological polar surface area (TPSA) is 87.3 Å². The van der Waals surface area contributed by atoms with E-state index < -0.39 is 11.9 Å². The van der Waals surface area contributed by atoms with E-state index in [1.54, 1.807) is 12.1 Å². The van der Waals surface area contributed by atoms with E-state index >= 15 is 0 Å². The van der Waals surface area contributed by atoms with Gasteiger partial charge in [0.05, 0.1) is 29.7 Å². The van der Waals surface area contributed by atoms with Gasteiger partial charge in [-0.05, 0) is 23.8 Å². The molecule has 0 aliphatic rings. The molecule has 1 atom stereocenters. The summed E-state index contributed by atoms with van der Waals surface area (Å²) in [4.78, 5) is 35.6. The van der Waals surface area contributed by atoms with Gasteiger partial charge in [0.15, 0.2) is 0 Å². The summed E-state index contributed by atoms with van der Waals surface area (Å²) in [5.74, 6) is -1.06. The van der Waals surface area contributed by atoms with Crippen LogP contribution in [-0.4, -0.2) is 24.3 Å². The highest BCUT2D eigenvalue weighted by atomic mass is 35.5. The van der Waals surface area contributed by atoms with Crippen molar-refractivity contribution in [3.8, 4) is 0 Å². The van der Waals surface area contributed by atoms with E-state index in [1.807, 2.05) is 30.3 Å². The number of benzene rings is 2. The van der Waals surface area contributed by atoms with Crippen molar-refractivity contribution in [2.45, 2.75) is 19.4 Å². The number of nitrogens with one attached hydrogen (secondary N) is 3. The minimum atomic E-state index is -0.478. The molecule has 0 saturated heterocycles.